The molecule has 0 unspecified atom stereocenters. The molecule has 4 nitrogen and oxygen atoms in total. The van der Waals surface area contributed by atoms with Crippen LogP contribution in [0.4, 0.5) is 0 Å². The lowest BCUT2D eigenvalue weighted by Gasteiger charge is -1.89. The van der Waals surface area contributed by atoms with E-state index in [1.165, 1.54) is 6.20 Å². The van der Waals surface area contributed by atoms with E-state index in [1.807, 2.05) is 0 Å². The fourth-order valence-electron chi connectivity index (χ4n) is 0.824. The summed E-state index contributed by atoms with van der Waals surface area (Å²) >= 11 is 0. The van der Waals surface area contributed by atoms with Gasteiger partial charge in [0, 0.05) is 0 Å². The second-order valence-corrected chi connectivity index (χ2v) is 2.44. The molecule has 0 aliphatic heterocycles. The van der Waals surface area contributed by atoms with Crippen LogP contribution in [0.15, 0.2) is 6.20 Å². The number of carbonyl (C=O) groups excluding carboxylic acids is 1. The molecule has 0 N–H and O–H groups in total. The Balaban J connectivity index is 2.26. The summed E-state index contributed by atoms with van der Waals surface area (Å²) in [5.41, 5.74) is 0.423. The summed E-state index contributed by atoms with van der Waals surface area (Å²) in [5, 5.41) is 7.85. The van der Waals surface area contributed by atoms with Crippen molar-refractivity contribution >= 4 is 6.29 Å². The third-order valence-electron chi connectivity index (χ3n) is 1.52. The molecule has 10 heavy (non-hydrogen) atoms. The fraction of sp³-hybridized carbons (Fsp3) is 0.500. The molecule has 1 saturated carbocycles. The Kier molecular flexibility index (Phi) is 1.06. The van der Waals surface area contributed by atoms with E-state index in [4.69, 9.17) is 0 Å². The number of nitrogens with zero attached hydrogens (tertiary/aromatic N) is 3. The van der Waals surface area contributed by atoms with Gasteiger partial charge in [-0.15, -0.1) is 0 Å². The van der Waals surface area contributed by atoms with Crippen LogP contribution in [0.2, 0.25) is 0 Å². The third kappa shape index (κ3) is 0.814. The largest absolute Gasteiger partial charge is 0.296 e. The van der Waals surface area contributed by atoms with Crippen molar-refractivity contribution in [2.24, 2.45) is 0 Å². The lowest BCUT2D eigenvalue weighted by Crippen LogP contribution is -1.98. The van der Waals surface area contributed by atoms with Gasteiger partial charge >= 0.3 is 0 Å². The summed E-state index contributed by atoms with van der Waals surface area (Å²) in [6.45, 7) is 0. The van der Waals surface area contributed by atoms with Crippen molar-refractivity contribution in [3.8, 4) is 0 Å². The zero-order chi connectivity index (χ0) is 6.97. The van der Waals surface area contributed by atoms with E-state index >= 15 is 0 Å². The molecule has 0 saturated heterocycles. The minimum atomic E-state index is 0.423. The first-order valence-electron chi connectivity index (χ1n) is 3.27. The fourth-order valence-corrected chi connectivity index (χ4v) is 0.824. The second-order valence-electron chi connectivity index (χ2n) is 2.44. The van der Waals surface area contributed by atoms with E-state index in [2.05, 4.69) is 10.2 Å². The summed E-state index contributed by atoms with van der Waals surface area (Å²) in [5.74, 6) is 0. The topological polar surface area (TPSA) is 47.8 Å². The highest BCUT2D eigenvalue weighted by molar-refractivity contribution is 5.70. The Hall–Kier alpha value is -1.19. The van der Waals surface area contributed by atoms with Gasteiger partial charge in [0.2, 0.25) is 0 Å². The Morgan fingerprint density at radius 1 is 1.70 bits per heavy atom. The summed E-state index contributed by atoms with van der Waals surface area (Å²) in [7, 11) is 0. The zero-order valence-electron chi connectivity index (χ0n) is 5.40. The number of carbonyl (C=O) groups is 1. The van der Waals surface area contributed by atoms with E-state index < -0.39 is 0 Å². The van der Waals surface area contributed by atoms with Crippen LogP contribution in [0.25, 0.3) is 0 Å². The zero-order valence-corrected chi connectivity index (χ0v) is 5.40. The van der Waals surface area contributed by atoms with Gasteiger partial charge < -0.3 is 0 Å². The maximum absolute atomic E-state index is 10.1. The van der Waals surface area contributed by atoms with Crippen molar-refractivity contribution in [3.63, 3.8) is 0 Å². The van der Waals surface area contributed by atoms with Gasteiger partial charge in [-0.05, 0) is 12.8 Å². The molecular formula is C6H7N3O. The number of hydrogen-bond acceptors (Lipinski definition) is 3. The van der Waals surface area contributed by atoms with Crippen LogP contribution in [0, 0.1) is 0 Å². The second kappa shape index (κ2) is 1.90. The average Bonchev–Trinajstić information content (AvgIpc) is 2.70. The summed E-state index contributed by atoms with van der Waals surface area (Å²) in [4.78, 5) is 11.8. The first kappa shape index (κ1) is 5.58. The number of aldehydes is 1. The van der Waals surface area contributed by atoms with E-state index in [0.29, 0.717) is 18.0 Å². The van der Waals surface area contributed by atoms with Crippen LogP contribution in [-0.2, 0) is 0 Å². The van der Waals surface area contributed by atoms with Crippen LogP contribution < -0.4 is 0 Å². The van der Waals surface area contributed by atoms with Crippen LogP contribution in [0.1, 0.15) is 29.4 Å². The van der Waals surface area contributed by atoms with Gasteiger partial charge in [-0.25, -0.2) is 0 Å². The van der Waals surface area contributed by atoms with Gasteiger partial charge in [0.05, 0.1) is 12.2 Å². The molecule has 0 amide bonds. The van der Waals surface area contributed by atoms with Crippen molar-refractivity contribution in [3.05, 3.63) is 11.9 Å². The molecule has 4 heteroatoms. The first-order chi connectivity index (χ1) is 4.90. The Morgan fingerprint density at radius 2 is 2.50 bits per heavy atom. The molecule has 0 spiro atoms. The molecular weight excluding hydrogens is 130 g/mol. The first-order valence-corrected chi connectivity index (χ1v) is 3.27. The van der Waals surface area contributed by atoms with E-state index in [9.17, 15) is 4.79 Å². The molecule has 1 aliphatic rings. The molecule has 1 aromatic heterocycles. The predicted octanol–water partition coefficient (Wildman–Crippen LogP) is 0.425. The van der Waals surface area contributed by atoms with Crippen LogP contribution >= 0.6 is 0 Å². The van der Waals surface area contributed by atoms with Gasteiger partial charge in [-0.2, -0.15) is 15.0 Å². The average molecular weight is 137 g/mol. The third-order valence-corrected chi connectivity index (χ3v) is 1.52. The number of aromatic nitrogens is 3. The molecule has 52 valence electrons. The van der Waals surface area contributed by atoms with Crippen molar-refractivity contribution < 1.29 is 4.79 Å². The quantitative estimate of drug-likeness (QED) is 0.555. The summed E-state index contributed by atoms with van der Waals surface area (Å²) in [6.07, 6.45) is 4.50. The predicted molar refractivity (Wildman–Crippen MR) is 33.7 cm³/mol. The van der Waals surface area contributed by atoms with Crippen molar-refractivity contribution in [1.82, 2.24) is 15.0 Å². The molecule has 0 bridgehead atoms. The maximum atomic E-state index is 10.1. The highest BCUT2D eigenvalue weighted by Crippen LogP contribution is 2.32. The minimum absolute atomic E-state index is 0.423. The standard InChI is InChI=1S/C6H7N3O/c10-4-5-3-7-9(8-5)6-1-2-6/h3-4,6H,1-2H2. The molecule has 1 aliphatic carbocycles. The van der Waals surface area contributed by atoms with Crippen LogP contribution in [0.5, 0.6) is 0 Å². The molecule has 1 fully saturated rings. The molecule has 1 heterocycles. The normalized spacial score (nSPS) is 17.2. The van der Waals surface area contributed by atoms with Crippen molar-refractivity contribution in [1.29, 1.82) is 0 Å². The van der Waals surface area contributed by atoms with E-state index in [-0.39, 0.29) is 0 Å². The number of rotatable bonds is 2. The highest BCUT2D eigenvalue weighted by Gasteiger charge is 2.25. The highest BCUT2D eigenvalue weighted by atomic mass is 16.1. The van der Waals surface area contributed by atoms with E-state index in [0.717, 1.165) is 12.8 Å². The van der Waals surface area contributed by atoms with Gasteiger partial charge in [-0.3, -0.25) is 4.79 Å². The lowest BCUT2D eigenvalue weighted by molar-refractivity contribution is 0.111. The SMILES string of the molecule is O=Cc1cnn(C2CC2)n1. The van der Waals surface area contributed by atoms with Crippen molar-refractivity contribution in [2.75, 3.05) is 0 Å². The molecule has 2 rings (SSSR count). The molecule has 0 radical (unpaired) electrons. The van der Waals surface area contributed by atoms with Crippen LogP contribution in [0.3, 0.4) is 0 Å². The van der Waals surface area contributed by atoms with Gasteiger partial charge in [-0.1, -0.05) is 0 Å². The Labute approximate surface area is 57.8 Å². The maximum Gasteiger partial charge on any atom is 0.171 e. The lowest BCUT2D eigenvalue weighted by atomic mass is 10.6. The summed E-state index contributed by atoms with van der Waals surface area (Å²) in [6, 6.07) is 0.466. The van der Waals surface area contributed by atoms with Gasteiger partial charge in [0.1, 0.15) is 5.69 Å². The number of hydrogen-bond donors (Lipinski definition) is 0. The summed E-state index contributed by atoms with van der Waals surface area (Å²) < 4.78 is 0. The minimum Gasteiger partial charge on any atom is -0.296 e. The molecule has 1 aromatic rings. The van der Waals surface area contributed by atoms with Crippen LogP contribution in [-0.4, -0.2) is 21.3 Å². The smallest absolute Gasteiger partial charge is 0.171 e. The van der Waals surface area contributed by atoms with E-state index in [1.54, 1.807) is 4.80 Å². The molecule has 0 atom stereocenters. The Morgan fingerprint density at radius 3 is 3.00 bits per heavy atom. The monoisotopic (exact) mass is 137 g/mol. The van der Waals surface area contributed by atoms with Gasteiger partial charge in [0.25, 0.3) is 0 Å². The Bertz CT molecular complexity index is 251. The molecule has 0 aromatic carbocycles. The van der Waals surface area contributed by atoms with Gasteiger partial charge in [0.15, 0.2) is 6.29 Å². The van der Waals surface area contributed by atoms with Crippen molar-refractivity contribution in [2.45, 2.75) is 18.9 Å².